The summed E-state index contributed by atoms with van der Waals surface area (Å²) >= 11 is 3.41. The summed E-state index contributed by atoms with van der Waals surface area (Å²) in [7, 11) is 0. The van der Waals surface area contributed by atoms with Gasteiger partial charge in [0.2, 0.25) is 0 Å². The van der Waals surface area contributed by atoms with E-state index in [1.807, 2.05) is 25.1 Å². The lowest BCUT2D eigenvalue weighted by Gasteiger charge is -2.10. The summed E-state index contributed by atoms with van der Waals surface area (Å²) < 4.78 is 0.796. The molecule has 1 aromatic heterocycles. The molecule has 0 bridgehead atoms. The lowest BCUT2D eigenvalue weighted by molar-refractivity contribution is 1.20. The Bertz CT molecular complexity index is 631. The molecule has 0 aliphatic heterocycles. The molecule has 0 saturated carbocycles. The van der Waals surface area contributed by atoms with E-state index >= 15 is 0 Å². The largest absolute Gasteiger partial charge is 0.396 e. The molecule has 0 aliphatic carbocycles. The van der Waals surface area contributed by atoms with Gasteiger partial charge in [-0.1, -0.05) is 0 Å². The monoisotopic (exact) mass is 302 g/mol. The van der Waals surface area contributed by atoms with Crippen LogP contribution >= 0.6 is 15.9 Å². The van der Waals surface area contributed by atoms with Crippen molar-refractivity contribution in [2.75, 3.05) is 11.1 Å². The van der Waals surface area contributed by atoms with Crippen molar-refractivity contribution in [3.63, 3.8) is 0 Å². The van der Waals surface area contributed by atoms with Gasteiger partial charge in [0.15, 0.2) is 5.82 Å². The zero-order valence-corrected chi connectivity index (χ0v) is 11.3. The summed E-state index contributed by atoms with van der Waals surface area (Å²) in [6.45, 7) is 1.90. The molecule has 5 heteroatoms. The molecule has 0 amide bonds. The molecule has 3 N–H and O–H groups in total. The normalized spacial score (nSPS) is 9.83. The summed E-state index contributed by atoms with van der Waals surface area (Å²) in [5, 5.41) is 11.9. The molecule has 90 valence electrons. The van der Waals surface area contributed by atoms with Crippen molar-refractivity contribution in [1.82, 2.24) is 4.98 Å². The van der Waals surface area contributed by atoms with E-state index in [0.29, 0.717) is 17.1 Å². The lowest BCUT2D eigenvalue weighted by atomic mass is 10.2. The molecule has 4 nitrogen and oxygen atoms in total. The van der Waals surface area contributed by atoms with Gasteiger partial charge in [-0.15, -0.1) is 0 Å². The number of nitrogens with two attached hydrogens (primary N) is 1. The van der Waals surface area contributed by atoms with Crippen molar-refractivity contribution in [2.45, 2.75) is 6.92 Å². The number of hydrogen-bond acceptors (Lipinski definition) is 4. The third-order valence-electron chi connectivity index (χ3n) is 2.42. The van der Waals surface area contributed by atoms with Crippen LogP contribution in [0.2, 0.25) is 0 Å². The minimum absolute atomic E-state index is 0.580. The van der Waals surface area contributed by atoms with Crippen LogP contribution in [-0.4, -0.2) is 4.98 Å². The minimum Gasteiger partial charge on any atom is -0.396 e. The first kappa shape index (κ1) is 12.4. The van der Waals surface area contributed by atoms with Crippen molar-refractivity contribution < 1.29 is 0 Å². The van der Waals surface area contributed by atoms with Crippen molar-refractivity contribution in [2.24, 2.45) is 0 Å². The molecule has 0 radical (unpaired) electrons. The number of aryl methyl sites for hydroxylation is 1. The summed E-state index contributed by atoms with van der Waals surface area (Å²) in [4.78, 5) is 4.33. The highest BCUT2D eigenvalue weighted by molar-refractivity contribution is 9.10. The van der Waals surface area contributed by atoms with Gasteiger partial charge in [-0.3, -0.25) is 0 Å². The Morgan fingerprint density at radius 2 is 2.11 bits per heavy atom. The molecule has 0 spiro atoms. The Labute approximate surface area is 114 Å². The summed E-state index contributed by atoms with van der Waals surface area (Å²) in [6, 6.07) is 11.0. The Balaban J connectivity index is 2.34. The number of nitrogens with zero attached hydrogens (tertiary/aromatic N) is 2. The van der Waals surface area contributed by atoms with Gasteiger partial charge in [0.1, 0.15) is 0 Å². The van der Waals surface area contributed by atoms with E-state index in [1.165, 1.54) is 0 Å². The SMILES string of the molecule is Cc1ccc(N)c(Nc2ccc(C#N)cc2Br)n1. The first-order chi connectivity index (χ1) is 8.60. The molecule has 0 aliphatic rings. The van der Waals surface area contributed by atoms with E-state index in [4.69, 9.17) is 11.0 Å². The summed E-state index contributed by atoms with van der Waals surface area (Å²) in [5.41, 5.74) is 8.73. The molecule has 2 rings (SSSR count). The Hall–Kier alpha value is -2.06. The minimum atomic E-state index is 0.580. The highest BCUT2D eigenvalue weighted by Gasteiger charge is 2.05. The predicted molar refractivity (Wildman–Crippen MR) is 75.5 cm³/mol. The van der Waals surface area contributed by atoms with Crippen LogP contribution in [0.3, 0.4) is 0 Å². The van der Waals surface area contributed by atoms with E-state index in [9.17, 15) is 0 Å². The number of hydrogen-bond donors (Lipinski definition) is 2. The number of nitrogens with one attached hydrogen (secondary N) is 1. The van der Waals surface area contributed by atoms with Crippen molar-refractivity contribution in [3.05, 3.63) is 46.1 Å². The molecule has 0 atom stereocenters. The molecule has 18 heavy (non-hydrogen) atoms. The van der Waals surface area contributed by atoms with Gasteiger partial charge in [-0.05, 0) is 53.2 Å². The zero-order chi connectivity index (χ0) is 13.1. The lowest BCUT2D eigenvalue weighted by Crippen LogP contribution is -2.00. The number of benzene rings is 1. The Morgan fingerprint density at radius 1 is 1.33 bits per heavy atom. The molecular weight excluding hydrogens is 292 g/mol. The van der Waals surface area contributed by atoms with Crippen molar-refractivity contribution in [3.8, 4) is 6.07 Å². The van der Waals surface area contributed by atoms with Crippen LogP contribution in [0.4, 0.5) is 17.2 Å². The van der Waals surface area contributed by atoms with Gasteiger partial charge in [0, 0.05) is 10.2 Å². The van der Waals surface area contributed by atoms with Crippen LogP contribution in [0.15, 0.2) is 34.8 Å². The number of anilines is 3. The third kappa shape index (κ3) is 2.60. The van der Waals surface area contributed by atoms with Crippen molar-refractivity contribution in [1.29, 1.82) is 5.26 Å². The molecule has 1 aromatic carbocycles. The second-order valence-corrected chi connectivity index (χ2v) is 4.68. The van der Waals surface area contributed by atoms with Crippen LogP contribution in [-0.2, 0) is 0 Å². The van der Waals surface area contributed by atoms with Crippen LogP contribution in [0, 0.1) is 18.3 Å². The van der Waals surface area contributed by atoms with E-state index in [1.54, 1.807) is 12.1 Å². The highest BCUT2D eigenvalue weighted by atomic mass is 79.9. The number of pyridine rings is 1. The number of halogens is 1. The zero-order valence-electron chi connectivity index (χ0n) is 9.74. The number of rotatable bonds is 2. The van der Waals surface area contributed by atoms with Gasteiger partial charge in [0.05, 0.1) is 23.0 Å². The fourth-order valence-electron chi connectivity index (χ4n) is 1.48. The van der Waals surface area contributed by atoms with Crippen LogP contribution in [0.25, 0.3) is 0 Å². The highest BCUT2D eigenvalue weighted by Crippen LogP contribution is 2.28. The van der Waals surface area contributed by atoms with E-state index in [2.05, 4.69) is 32.3 Å². The second-order valence-electron chi connectivity index (χ2n) is 3.82. The second kappa shape index (κ2) is 5.07. The van der Waals surface area contributed by atoms with Gasteiger partial charge in [-0.2, -0.15) is 5.26 Å². The average Bonchev–Trinajstić information content (AvgIpc) is 2.36. The summed E-state index contributed by atoms with van der Waals surface area (Å²) in [6.07, 6.45) is 0. The van der Waals surface area contributed by atoms with Crippen LogP contribution in [0.1, 0.15) is 11.3 Å². The summed E-state index contributed by atoms with van der Waals surface area (Å²) in [5.74, 6) is 0.611. The smallest absolute Gasteiger partial charge is 0.153 e. The Morgan fingerprint density at radius 3 is 2.78 bits per heavy atom. The molecule has 0 unspecified atom stereocenters. The van der Waals surface area contributed by atoms with E-state index in [0.717, 1.165) is 15.9 Å². The average molecular weight is 303 g/mol. The number of nitrogen functional groups attached to an aromatic ring is 1. The standard InChI is InChI=1S/C13H11BrN4/c1-8-2-4-11(16)13(17-8)18-12-5-3-9(7-15)6-10(12)14/h2-6H,16H2,1H3,(H,17,18). The fraction of sp³-hybridized carbons (Fsp3) is 0.0769. The van der Waals surface area contributed by atoms with E-state index < -0.39 is 0 Å². The van der Waals surface area contributed by atoms with Crippen LogP contribution < -0.4 is 11.1 Å². The number of nitriles is 1. The van der Waals surface area contributed by atoms with Gasteiger partial charge < -0.3 is 11.1 Å². The molecule has 1 heterocycles. The third-order valence-corrected chi connectivity index (χ3v) is 3.07. The maximum atomic E-state index is 8.80. The number of aromatic nitrogens is 1. The molecular formula is C13H11BrN4. The quantitative estimate of drug-likeness (QED) is 0.892. The Kier molecular flexibility index (Phi) is 3.49. The molecule has 0 saturated heterocycles. The fourth-order valence-corrected chi connectivity index (χ4v) is 1.96. The van der Waals surface area contributed by atoms with Crippen molar-refractivity contribution >= 4 is 33.1 Å². The molecule has 2 aromatic rings. The topological polar surface area (TPSA) is 74.7 Å². The van der Waals surface area contributed by atoms with E-state index in [-0.39, 0.29) is 0 Å². The first-order valence-corrected chi connectivity index (χ1v) is 6.09. The van der Waals surface area contributed by atoms with Gasteiger partial charge in [0.25, 0.3) is 0 Å². The van der Waals surface area contributed by atoms with Gasteiger partial charge >= 0.3 is 0 Å². The predicted octanol–water partition coefficient (Wildman–Crippen LogP) is 3.35. The maximum Gasteiger partial charge on any atom is 0.153 e. The van der Waals surface area contributed by atoms with Crippen LogP contribution in [0.5, 0.6) is 0 Å². The molecule has 0 fully saturated rings. The van der Waals surface area contributed by atoms with Gasteiger partial charge in [-0.25, -0.2) is 4.98 Å². The first-order valence-electron chi connectivity index (χ1n) is 5.30. The maximum absolute atomic E-state index is 8.80.